The fraction of sp³-hybridized carbons (Fsp3) is 0.538. The minimum atomic E-state index is 0.869. The second-order valence-electron chi connectivity index (χ2n) is 4.01. The maximum absolute atomic E-state index is 5.83. The van der Waals surface area contributed by atoms with Crippen LogP contribution in [0.3, 0.4) is 0 Å². The largest absolute Gasteiger partial charge is 0.398 e. The predicted octanol–water partition coefficient (Wildman–Crippen LogP) is 3.57. The van der Waals surface area contributed by atoms with Gasteiger partial charge in [0.2, 0.25) is 0 Å². The van der Waals surface area contributed by atoms with E-state index < -0.39 is 0 Å². The summed E-state index contributed by atoms with van der Waals surface area (Å²) in [4.78, 5) is 0. The van der Waals surface area contributed by atoms with E-state index in [4.69, 9.17) is 5.73 Å². The third-order valence-corrected chi connectivity index (χ3v) is 2.72. The van der Waals surface area contributed by atoms with Crippen molar-refractivity contribution in [3.8, 4) is 0 Å². The molecule has 0 aromatic heterocycles. The van der Waals surface area contributed by atoms with Crippen LogP contribution >= 0.6 is 0 Å². The topological polar surface area (TPSA) is 38.0 Å². The zero-order valence-corrected chi connectivity index (χ0v) is 9.84. The van der Waals surface area contributed by atoms with Crippen LogP contribution in [0.15, 0.2) is 18.2 Å². The highest BCUT2D eigenvalue weighted by Crippen LogP contribution is 2.20. The van der Waals surface area contributed by atoms with Gasteiger partial charge in [0.1, 0.15) is 0 Å². The van der Waals surface area contributed by atoms with E-state index in [1.807, 2.05) is 12.1 Å². The molecule has 15 heavy (non-hydrogen) atoms. The number of hydrogen-bond acceptors (Lipinski definition) is 2. The van der Waals surface area contributed by atoms with Crippen molar-refractivity contribution in [2.75, 3.05) is 17.6 Å². The van der Waals surface area contributed by atoms with E-state index in [0.29, 0.717) is 0 Å². The lowest BCUT2D eigenvalue weighted by Crippen LogP contribution is -2.04. The fourth-order valence-electron chi connectivity index (χ4n) is 1.62. The summed E-state index contributed by atoms with van der Waals surface area (Å²) in [6.07, 6.45) is 5.17. The second-order valence-corrected chi connectivity index (χ2v) is 4.01. The summed E-state index contributed by atoms with van der Waals surface area (Å²) >= 11 is 0. The van der Waals surface area contributed by atoms with Gasteiger partial charge in [0.15, 0.2) is 0 Å². The van der Waals surface area contributed by atoms with Crippen molar-refractivity contribution in [2.45, 2.75) is 39.5 Å². The Labute approximate surface area is 92.9 Å². The first-order chi connectivity index (χ1) is 7.25. The lowest BCUT2D eigenvalue weighted by Gasteiger charge is -2.10. The number of rotatable bonds is 6. The SMILES string of the molecule is CCCCCCNc1cccc(N)c1C. The Morgan fingerprint density at radius 1 is 1.20 bits per heavy atom. The van der Waals surface area contributed by atoms with Crippen molar-refractivity contribution in [3.05, 3.63) is 23.8 Å². The van der Waals surface area contributed by atoms with Crippen LogP contribution in [0.5, 0.6) is 0 Å². The summed E-state index contributed by atoms with van der Waals surface area (Å²) in [6.45, 7) is 5.34. The first kappa shape index (κ1) is 11.9. The van der Waals surface area contributed by atoms with Crippen molar-refractivity contribution >= 4 is 11.4 Å². The lowest BCUT2D eigenvalue weighted by molar-refractivity contribution is 0.685. The summed E-state index contributed by atoms with van der Waals surface area (Å²) in [7, 11) is 0. The molecule has 0 spiro atoms. The molecule has 0 fully saturated rings. The molecule has 2 heteroatoms. The zero-order chi connectivity index (χ0) is 11.1. The number of unbranched alkanes of at least 4 members (excludes halogenated alkanes) is 3. The summed E-state index contributed by atoms with van der Waals surface area (Å²) in [5, 5.41) is 3.43. The maximum atomic E-state index is 5.83. The van der Waals surface area contributed by atoms with Crippen molar-refractivity contribution < 1.29 is 0 Å². The standard InChI is InChI=1S/C13H22N2/c1-3-4-5-6-10-15-13-9-7-8-12(14)11(13)2/h7-9,15H,3-6,10,14H2,1-2H3. The Hall–Kier alpha value is -1.18. The molecule has 1 aromatic rings. The molecule has 0 bridgehead atoms. The summed E-state index contributed by atoms with van der Waals surface area (Å²) in [6, 6.07) is 6.03. The Morgan fingerprint density at radius 3 is 2.73 bits per heavy atom. The normalized spacial score (nSPS) is 10.3. The van der Waals surface area contributed by atoms with Gasteiger partial charge in [0.05, 0.1) is 0 Å². The Bertz CT molecular complexity index is 295. The highest BCUT2D eigenvalue weighted by atomic mass is 14.9. The van der Waals surface area contributed by atoms with E-state index >= 15 is 0 Å². The van der Waals surface area contributed by atoms with Gasteiger partial charge in [-0.05, 0) is 31.0 Å². The number of benzene rings is 1. The number of nitrogens with two attached hydrogens (primary N) is 1. The van der Waals surface area contributed by atoms with Gasteiger partial charge < -0.3 is 11.1 Å². The molecule has 1 aromatic carbocycles. The fourth-order valence-corrected chi connectivity index (χ4v) is 1.62. The van der Waals surface area contributed by atoms with E-state index in [0.717, 1.165) is 17.8 Å². The Balaban J connectivity index is 2.34. The number of hydrogen-bond donors (Lipinski definition) is 2. The van der Waals surface area contributed by atoms with Crippen LogP contribution in [0.25, 0.3) is 0 Å². The third kappa shape index (κ3) is 3.82. The van der Waals surface area contributed by atoms with E-state index in [9.17, 15) is 0 Å². The van der Waals surface area contributed by atoms with Gasteiger partial charge >= 0.3 is 0 Å². The summed E-state index contributed by atoms with van der Waals surface area (Å²) in [5.74, 6) is 0. The second kappa shape index (κ2) is 6.33. The van der Waals surface area contributed by atoms with E-state index in [1.165, 1.54) is 31.4 Å². The van der Waals surface area contributed by atoms with Crippen LogP contribution in [0, 0.1) is 6.92 Å². The van der Waals surface area contributed by atoms with Gasteiger partial charge in [0.25, 0.3) is 0 Å². The van der Waals surface area contributed by atoms with Crippen molar-refractivity contribution in [1.82, 2.24) is 0 Å². The van der Waals surface area contributed by atoms with Crippen molar-refractivity contribution in [3.63, 3.8) is 0 Å². The quantitative estimate of drug-likeness (QED) is 0.551. The van der Waals surface area contributed by atoms with Crippen LogP contribution in [0.2, 0.25) is 0 Å². The van der Waals surface area contributed by atoms with Crippen LogP contribution in [-0.4, -0.2) is 6.54 Å². The van der Waals surface area contributed by atoms with Gasteiger partial charge in [0, 0.05) is 17.9 Å². The minimum Gasteiger partial charge on any atom is -0.398 e. The number of nitrogen functional groups attached to an aromatic ring is 1. The van der Waals surface area contributed by atoms with Crippen LogP contribution < -0.4 is 11.1 Å². The monoisotopic (exact) mass is 206 g/mol. The molecule has 0 amide bonds. The van der Waals surface area contributed by atoms with Gasteiger partial charge in [-0.1, -0.05) is 32.3 Å². The van der Waals surface area contributed by atoms with Gasteiger partial charge in [-0.3, -0.25) is 0 Å². The van der Waals surface area contributed by atoms with E-state index in [2.05, 4.69) is 25.2 Å². The van der Waals surface area contributed by atoms with Crippen LogP contribution in [0.4, 0.5) is 11.4 Å². The maximum Gasteiger partial charge on any atom is 0.0390 e. The van der Waals surface area contributed by atoms with Crippen molar-refractivity contribution in [2.24, 2.45) is 0 Å². The average Bonchev–Trinajstić information content (AvgIpc) is 2.24. The number of anilines is 2. The molecule has 1 rings (SSSR count). The molecule has 2 nitrogen and oxygen atoms in total. The molecule has 0 atom stereocenters. The predicted molar refractivity (Wildman–Crippen MR) is 68.2 cm³/mol. The lowest BCUT2D eigenvalue weighted by atomic mass is 10.1. The molecule has 0 saturated heterocycles. The highest BCUT2D eigenvalue weighted by molar-refractivity contribution is 5.62. The minimum absolute atomic E-state index is 0.869. The first-order valence-corrected chi connectivity index (χ1v) is 5.84. The molecule has 0 saturated carbocycles. The molecule has 3 N–H and O–H groups in total. The molecule has 84 valence electrons. The van der Waals surface area contributed by atoms with E-state index in [-0.39, 0.29) is 0 Å². The Morgan fingerprint density at radius 2 is 2.00 bits per heavy atom. The highest BCUT2D eigenvalue weighted by Gasteiger charge is 1.99. The summed E-state index contributed by atoms with van der Waals surface area (Å²) in [5.41, 5.74) is 9.03. The van der Waals surface area contributed by atoms with E-state index in [1.54, 1.807) is 0 Å². The molecule has 0 radical (unpaired) electrons. The average molecular weight is 206 g/mol. The summed E-state index contributed by atoms with van der Waals surface area (Å²) < 4.78 is 0. The zero-order valence-electron chi connectivity index (χ0n) is 9.84. The molecule has 0 unspecified atom stereocenters. The van der Waals surface area contributed by atoms with Gasteiger partial charge in [-0.15, -0.1) is 0 Å². The molecular weight excluding hydrogens is 184 g/mol. The molecular formula is C13H22N2. The van der Waals surface area contributed by atoms with Gasteiger partial charge in [-0.25, -0.2) is 0 Å². The molecule has 0 aliphatic heterocycles. The van der Waals surface area contributed by atoms with Crippen LogP contribution in [-0.2, 0) is 0 Å². The molecule has 0 heterocycles. The molecule has 0 aliphatic rings. The smallest absolute Gasteiger partial charge is 0.0390 e. The van der Waals surface area contributed by atoms with Crippen LogP contribution in [0.1, 0.15) is 38.2 Å². The van der Waals surface area contributed by atoms with Crippen molar-refractivity contribution in [1.29, 1.82) is 0 Å². The van der Waals surface area contributed by atoms with Gasteiger partial charge in [-0.2, -0.15) is 0 Å². The Kier molecular flexibility index (Phi) is 5.02. The number of nitrogens with one attached hydrogen (secondary N) is 1. The third-order valence-electron chi connectivity index (χ3n) is 2.72. The molecule has 0 aliphatic carbocycles. The first-order valence-electron chi connectivity index (χ1n) is 5.84.